The van der Waals surface area contributed by atoms with E-state index < -0.39 is 0 Å². The van der Waals surface area contributed by atoms with Gasteiger partial charge in [-0.15, -0.1) is 11.3 Å². The maximum atomic E-state index is 5.94. The minimum absolute atomic E-state index is 0.813. The Morgan fingerprint density at radius 2 is 1.93 bits per heavy atom. The molecule has 0 aliphatic carbocycles. The van der Waals surface area contributed by atoms with Gasteiger partial charge in [-0.05, 0) is 36.1 Å². The Morgan fingerprint density at radius 3 is 2.53 bits per heavy atom. The molecule has 2 aromatic rings. The lowest BCUT2D eigenvalue weighted by molar-refractivity contribution is 1.22. The van der Waals surface area contributed by atoms with Gasteiger partial charge < -0.3 is 10.6 Å². The first kappa shape index (κ1) is 10.1. The van der Waals surface area contributed by atoms with Crippen molar-refractivity contribution in [3.05, 3.63) is 41.3 Å². The van der Waals surface area contributed by atoms with Crippen LogP contribution in [0, 0.1) is 6.92 Å². The van der Waals surface area contributed by atoms with E-state index in [0.717, 1.165) is 11.4 Å². The first-order chi connectivity index (χ1) is 7.20. The topological polar surface area (TPSA) is 29.3 Å². The maximum Gasteiger partial charge on any atom is 0.0980 e. The van der Waals surface area contributed by atoms with Crippen molar-refractivity contribution in [1.29, 1.82) is 0 Å². The first-order valence-electron chi connectivity index (χ1n) is 4.82. The molecule has 15 heavy (non-hydrogen) atoms. The van der Waals surface area contributed by atoms with Gasteiger partial charge in [0, 0.05) is 7.05 Å². The van der Waals surface area contributed by atoms with Crippen molar-refractivity contribution in [1.82, 2.24) is 0 Å². The number of hydrogen-bond donors (Lipinski definition) is 1. The quantitative estimate of drug-likeness (QED) is 0.783. The van der Waals surface area contributed by atoms with Gasteiger partial charge in [0.15, 0.2) is 0 Å². The van der Waals surface area contributed by atoms with Gasteiger partial charge >= 0.3 is 0 Å². The zero-order valence-corrected chi connectivity index (χ0v) is 9.71. The first-order valence-corrected chi connectivity index (χ1v) is 5.70. The standard InChI is InChI=1S/C12H14N2S/c1-9-7-8-15-12(9)14(2)11-6-4-3-5-10(11)13/h3-8H,13H2,1-2H3. The monoisotopic (exact) mass is 218 g/mol. The molecule has 1 aromatic heterocycles. The Morgan fingerprint density at radius 1 is 1.20 bits per heavy atom. The van der Waals surface area contributed by atoms with Gasteiger partial charge in [-0.2, -0.15) is 0 Å². The molecular weight excluding hydrogens is 204 g/mol. The van der Waals surface area contributed by atoms with Crippen molar-refractivity contribution < 1.29 is 0 Å². The van der Waals surface area contributed by atoms with Crippen molar-refractivity contribution in [2.75, 3.05) is 17.7 Å². The maximum absolute atomic E-state index is 5.94. The summed E-state index contributed by atoms with van der Waals surface area (Å²) in [4.78, 5) is 2.13. The average Bonchev–Trinajstić information content (AvgIpc) is 2.64. The second-order valence-electron chi connectivity index (χ2n) is 3.53. The number of aryl methyl sites for hydroxylation is 1. The molecular formula is C12H14N2S. The van der Waals surface area contributed by atoms with E-state index in [4.69, 9.17) is 5.73 Å². The van der Waals surface area contributed by atoms with E-state index in [1.807, 2.05) is 31.3 Å². The molecule has 3 heteroatoms. The van der Waals surface area contributed by atoms with Crippen LogP contribution in [0.25, 0.3) is 0 Å². The Hall–Kier alpha value is -1.48. The van der Waals surface area contributed by atoms with Crippen LogP contribution in [-0.2, 0) is 0 Å². The van der Waals surface area contributed by atoms with Crippen LogP contribution < -0.4 is 10.6 Å². The summed E-state index contributed by atoms with van der Waals surface area (Å²) in [6.45, 7) is 2.11. The van der Waals surface area contributed by atoms with Crippen LogP contribution in [0.3, 0.4) is 0 Å². The summed E-state index contributed by atoms with van der Waals surface area (Å²) in [5, 5.41) is 3.34. The molecule has 0 spiro atoms. The number of rotatable bonds is 2. The lowest BCUT2D eigenvalue weighted by Crippen LogP contribution is -2.10. The van der Waals surface area contributed by atoms with E-state index in [-0.39, 0.29) is 0 Å². The van der Waals surface area contributed by atoms with Gasteiger partial charge in [-0.3, -0.25) is 0 Å². The van der Waals surface area contributed by atoms with Crippen LogP contribution in [0.1, 0.15) is 5.56 Å². The second kappa shape index (κ2) is 3.95. The molecule has 0 radical (unpaired) electrons. The number of benzene rings is 1. The fraction of sp³-hybridized carbons (Fsp3) is 0.167. The zero-order valence-electron chi connectivity index (χ0n) is 8.90. The van der Waals surface area contributed by atoms with Crippen LogP contribution in [-0.4, -0.2) is 7.05 Å². The molecule has 2 rings (SSSR count). The molecule has 1 heterocycles. The molecule has 2 N–H and O–H groups in total. The van der Waals surface area contributed by atoms with Gasteiger partial charge in [-0.25, -0.2) is 0 Å². The largest absolute Gasteiger partial charge is 0.397 e. The highest BCUT2D eigenvalue weighted by atomic mass is 32.1. The van der Waals surface area contributed by atoms with Crippen molar-refractivity contribution in [2.45, 2.75) is 6.92 Å². The third-order valence-electron chi connectivity index (χ3n) is 2.44. The number of nitrogens with zero attached hydrogens (tertiary/aromatic N) is 1. The van der Waals surface area contributed by atoms with Gasteiger partial charge in [-0.1, -0.05) is 12.1 Å². The van der Waals surface area contributed by atoms with E-state index >= 15 is 0 Å². The molecule has 2 nitrogen and oxygen atoms in total. The fourth-order valence-corrected chi connectivity index (χ4v) is 2.52. The Kier molecular flexibility index (Phi) is 2.64. The van der Waals surface area contributed by atoms with Crippen molar-refractivity contribution >= 4 is 27.7 Å². The summed E-state index contributed by atoms with van der Waals surface area (Å²) < 4.78 is 0. The van der Waals surface area contributed by atoms with Crippen LogP contribution in [0.2, 0.25) is 0 Å². The number of anilines is 3. The van der Waals surface area contributed by atoms with Gasteiger partial charge in [0.05, 0.1) is 16.4 Å². The molecule has 0 aliphatic heterocycles. The molecule has 0 aliphatic rings. The highest BCUT2D eigenvalue weighted by Crippen LogP contribution is 2.34. The Balaban J connectivity index is 2.41. The number of para-hydroxylation sites is 2. The van der Waals surface area contributed by atoms with Crippen molar-refractivity contribution in [3.8, 4) is 0 Å². The molecule has 0 saturated carbocycles. The van der Waals surface area contributed by atoms with Gasteiger partial charge in [0.25, 0.3) is 0 Å². The molecule has 1 aromatic carbocycles. The van der Waals surface area contributed by atoms with Crippen molar-refractivity contribution in [3.63, 3.8) is 0 Å². The number of nitrogen functional groups attached to an aromatic ring is 1. The summed E-state index contributed by atoms with van der Waals surface area (Å²) in [6, 6.07) is 10.0. The smallest absolute Gasteiger partial charge is 0.0980 e. The minimum atomic E-state index is 0.813. The number of nitrogens with two attached hydrogens (primary N) is 1. The summed E-state index contributed by atoms with van der Waals surface area (Å²) >= 11 is 1.73. The molecule has 0 atom stereocenters. The van der Waals surface area contributed by atoms with Crippen LogP contribution >= 0.6 is 11.3 Å². The molecule has 0 unspecified atom stereocenters. The Labute approximate surface area is 94.0 Å². The van der Waals surface area contributed by atoms with Gasteiger partial charge in [0.2, 0.25) is 0 Å². The van der Waals surface area contributed by atoms with E-state index in [2.05, 4.69) is 23.3 Å². The molecule has 78 valence electrons. The summed E-state index contributed by atoms with van der Waals surface area (Å²) in [5.41, 5.74) is 9.09. The third-order valence-corrected chi connectivity index (χ3v) is 3.53. The van der Waals surface area contributed by atoms with Gasteiger partial charge in [0.1, 0.15) is 0 Å². The second-order valence-corrected chi connectivity index (χ2v) is 4.42. The van der Waals surface area contributed by atoms with E-state index in [1.54, 1.807) is 11.3 Å². The van der Waals surface area contributed by atoms with Crippen LogP contribution in [0.5, 0.6) is 0 Å². The number of hydrogen-bond acceptors (Lipinski definition) is 3. The number of thiophene rings is 1. The average molecular weight is 218 g/mol. The van der Waals surface area contributed by atoms with E-state index in [0.29, 0.717) is 0 Å². The molecule has 0 saturated heterocycles. The lowest BCUT2D eigenvalue weighted by atomic mass is 10.2. The van der Waals surface area contributed by atoms with Crippen molar-refractivity contribution in [2.24, 2.45) is 0 Å². The highest BCUT2D eigenvalue weighted by Gasteiger charge is 2.09. The molecule has 0 bridgehead atoms. The van der Waals surface area contributed by atoms with E-state index in [1.165, 1.54) is 10.6 Å². The SMILES string of the molecule is Cc1ccsc1N(C)c1ccccc1N. The lowest BCUT2D eigenvalue weighted by Gasteiger charge is -2.20. The van der Waals surface area contributed by atoms with Crippen LogP contribution in [0.15, 0.2) is 35.7 Å². The normalized spacial score (nSPS) is 10.3. The summed E-state index contributed by atoms with van der Waals surface area (Å²) in [5.74, 6) is 0. The zero-order chi connectivity index (χ0) is 10.8. The highest BCUT2D eigenvalue weighted by molar-refractivity contribution is 7.14. The predicted octanol–water partition coefficient (Wildman–Crippen LogP) is 3.41. The predicted molar refractivity (Wildman–Crippen MR) is 68.0 cm³/mol. The fourth-order valence-electron chi connectivity index (χ4n) is 1.61. The third kappa shape index (κ3) is 1.83. The summed E-state index contributed by atoms with van der Waals surface area (Å²) in [6.07, 6.45) is 0. The summed E-state index contributed by atoms with van der Waals surface area (Å²) in [7, 11) is 2.05. The van der Waals surface area contributed by atoms with E-state index in [9.17, 15) is 0 Å². The Bertz CT molecular complexity index is 462. The molecule has 0 amide bonds. The minimum Gasteiger partial charge on any atom is -0.397 e. The van der Waals surface area contributed by atoms with Crippen LogP contribution in [0.4, 0.5) is 16.4 Å². The molecule has 0 fully saturated rings.